The lowest BCUT2D eigenvalue weighted by molar-refractivity contribution is 0.106. The minimum Gasteiger partial charge on any atom is -0.299 e. The predicted octanol–water partition coefficient (Wildman–Crippen LogP) is 1.57. The van der Waals surface area contributed by atoms with Gasteiger partial charge >= 0.3 is 0 Å². The number of nitrogens with zero attached hydrogens (tertiary/aromatic N) is 3. The Labute approximate surface area is 133 Å². The van der Waals surface area contributed by atoms with Crippen LogP contribution >= 0.6 is 0 Å². The molecular weight excluding hydrogens is 298 g/mol. The second kappa shape index (κ2) is 6.26. The molecule has 1 aliphatic heterocycles. The van der Waals surface area contributed by atoms with Crippen molar-refractivity contribution in [2.75, 3.05) is 26.4 Å². The number of pyridine rings is 1. The molecule has 122 valence electrons. The van der Waals surface area contributed by atoms with Crippen LogP contribution in [-0.2, 0) is 16.6 Å². The Bertz CT molecular complexity index is 605. The van der Waals surface area contributed by atoms with Crippen molar-refractivity contribution >= 4 is 10.0 Å². The molecule has 6 heteroatoms. The van der Waals surface area contributed by atoms with Crippen molar-refractivity contribution in [1.82, 2.24) is 14.2 Å². The van der Waals surface area contributed by atoms with Crippen molar-refractivity contribution in [2.24, 2.45) is 11.8 Å². The lowest BCUT2D eigenvalue weighted by Crippen LogP contribution is -2.43. The fourth-order valence-electron chi connectivity index (χ4n) is 4.11. The van der Waals surface area contributed by atoms with Gasteiger partial charge in [-0.15, -0.1) is 0 Å². The summed E-state index contributed by atoms with van der Waals surface area (Å²) in [4.78, 5) is 6.46. The maximum Gasteiger partial charge on any atom is 0.211 e. The smallest absolute Gasteiger partial charge is 0.211 e. The number of hydrogen-bond acceptors (Lipinski definition) is 4. The van der Waals surface area contributed by atoms with Gasteiger partial charge in [0.2, 0.25) is 10.0 Å². The lowest BCUT2D eigenvalue weighted by Gasteiger charge is -2.39. The third-order valence-corrected chi connectivity index (χ3v) is 6.48. The minimum atomic E-state index is -3.06. The molecule has 1 saturated carbocycles. The zero-order valence-corrected chi connectivity index (χ0v) is 14.2. The number of rotatable bonds is 4. The molecule has 1 aliphatic carbocycles. The third kappa shape index (κ3) is 3.34. The molecule has 2 aliphatic rings. The Morgan fingerprint density at radius 3 is 2.68 bits per heavy atom. The van der Waals surface area contributed by atoms with Crippen LogP contribution < -0.4 is 0 Å². The van der Waals surface area contributed by atoms with E-state index in [2.05, 4.69) is 16.9 Å². The van der Waals surface area contributed by atoms with Gasteiger partial charge in [-0.3, -0.25) is 9.88 Å². The molecule has 3 atom stereocenters. The van der Waals surface area contributed by atoms with Gasteiger partial charge in [-0.25, -0.2) is 12.7 Å². The highest BCUT2D eigenvalue weighted by atomic mass is 32.2. The fourth-order valence-corrected chi connectivity index (χ4v) is 5.02. The Morgan fingerprint density at radius 2 is 2.00 bits per heavy atom. The Balaban J connectivity index is 1.71. The quantitative estimate of drug-likeness (QED) is 0.844. The van der Waals surface area contributed by atoms with E-state index in [0.717, 1.165) is 13.0 Å². The first-order valence-corrected chi connectivity index (χ1v) is 9.84. The van der Waals surface area contributed by atoms with Crippen molar-refractivity contribution in [3.8, 4) is 0 Å². The van der Waals surface area contributed by atoms with Crippen LogP contribution in [-0.4, -0.2) is 55.0 Å². The van der Waals surface area contributed by atoms with E-state index in [1.807, 2.05) is 24.5 Å². The molecule has 0 amide bonds. The van der Waals surface area contributed by atoms with Crippen LogP contribution in [0.1, 0.15) is 24.8 Å². The van der Waals surface area contributed by atoms with Gasteiger partial charge in [0.25, 0.3) is 0 Å². The summed E-state index contributed by atoms with van der Waals surface area (Å²) in [6, 6.07) is 4.57. The van der Waals surface area contributed by atoms with Gasteiger partial charge in [0.15, 0.2) is 0 Å². The van der Waals surface area contributed by atoms with Gasteiger partial charge in [-0.2, -0.15) is 0 Å². The zero-order chi connectivity index (χ0) is 15.7. The van der Waals surface area contributed by atoms with E-state index in [1.54, 1.807) is 4.31 Å². The summed E-state index contributed by atoms with van der Waals surface area (Å²) in [6.45, 7) is 2.30. The molecule has 22 heavy (non-hydrogen) atoms. The fraction of sp³-hybridized carbons (Fsp3) is 0.688. The van der Waals surface area contributed by atoms with Gasteiger partial charge in [-0.05, 0) is 49.4 Å². The molecular formula is C16H25N3O2S. The summed E-state index contributed by atoms with van der Waals surface area (Å²) >= 11 is 0. The first-order valence-electron chi connectivity index (χ1n) is 7.99. The second-order valence-corrected chi connectivity index (χ2v) is 8.76. The van der Waals surface area contributed by atoms with Gasteiger partial charge in [-0.1, -0.05) is 6.42 Å². The van der Waals surface area contributed by atoms with Crippen LogP contribution in [0.3, 0.4) is 0 Å². The van der Waals surface area contributed by atoms with E-state index in [-0.39, 0.29) is 0 Å². The van der Waals surface area contributed by atoms with Crippen LogP contribution in [0.5, 0.6) is 0 Å². The molecule has 2 heterocycles. The summed E-state index contributed by atoms with van der Waals surface area (Å²) in [5.41, 5.74) is 1.26. The van der Waals surface area contributed by atoms with E-state index in [9.17, 15) is 8.42 Å². The van der Waals surface area contributed by atoms with E-state index in [0.29, 0.717) is 31.0 Å². The van der Waals surface area contributed by atoms with Gasteiger partial charge < -0.3 is 0 Å². The largest absolute Gasteiger partial charge is 0.299 e. The molecule has 3 rings (SSSR count). The summed E-state index contributed by atoms with van der Waals surface area (Å²) in [6.07, 6.45) is 8.52. The average Bonchev–Trinajstić information content (AvgIpc) is 2.92. The third-order valence-electron chi connectivity index (χ3n) is 5.24. The summed E-state index contributed by atoms with van der Waals surface area (Å²) in [7, 11) is -0.899. The zero-order valence-electron chi connectivity index (χ0n) is 13.4. The number of hydrogen-bond donors (Lipinski definition) is 0. The predicted molar refractivity (Wildman–Crippen MR) is 86.7 cm³/mol. The maximum absolute atomic E-state index is 11.8. The van der Waals surface area contributed by atoms with Crippen molar-refractivity contribution in [1.29, 1.82) is 0 Å². The maximum atomic E-state index is 11.8. The normalized spacial score (nSPS) is 29.7. The van der Waals surface area contributed by atoms with E-state index < -0.39 is 10.0 Å². The number of sulfonamides is 1. The first kappa shape index (κ1) is 15.9. The minimum absolute atomic E-state index is 0.468. The standard InChI is InChI=1S/C16H25N3O2S/c1-18(10-13-6-8-17-9-7-13)16-5-3-4-14-11-19(12-15(14)16)22(2,20)21/h6-9,14-16H,3-5,10-12H2,1-2H3/t14-,15-,16?/m1/s1. The van der Waals surface area contributed by atoms with Crippen molar-refractivity contribution in [2.45, 2.75) is 31.8 Å². The van der Waals surface area contributed by atoms with Crippen molar-refractivity contribution < 1.29 is 8.42 Å². The molecule has 0 radical (unpaired) electrons. The van der Waals surface area contributed by atoms with Gasteiger partial charge in [0, 0.05) is 38.1 Å². The highest BCUT2D eigenvalue weighted by molar-refractivity contribution is 7.88. The van der Waals surface area contributed by atoms with E-state index >= 15 is 0 Å². The van der Waals surface area contributed by atoms with Crippen molar-refractivity contribution in [3.63, 3.8) is 0 Å². The van der Waals surface area contributed by atoms with Crippen LogP contribution in [0, 0.1) is 11.8 Å². The van der Waals surface area contributed by atoms with E-state index in [4.69, 9.17) is 0 Å². The van der Waals surface area contributed by atoms with Crippen LogP contribution in [0.2, 0.25) is 0 Å². The SMILES string of the molecule is CN(Cc1ccncc1)C1CCC[C@@H]2CN(S(C)(=O)=O)C[C@@H]12. The first-order chi connectivity index (χ1) is 10.4. The molecule has 5 nitrogen and oxygen atoms in total. The molecule has 0 spiro atoms. The molecule has 1 unspecified atom stereocenters. The Kier molecular flexibility index (Phi) is 4.52. The summed E-state index contributed by atoms with van der Waals surface area (Å²) in [5, 5.41) is 0. The highest BCUT2D eigenvalue weighted by Gasteiger charge is 2.43. The van der Waals surface area contributed by atoms with Crippen LogP contribution in [0.15, 0.2) is 24.5 Å². The molecule has 2 fully saturated rings. The van der Waals surface area contributed by atoms with Crippen LogP contribution in [0.25, 0.3) is 0 Å². The Morgan fingerprint density at radius 1 is 1.27 bits per heavy atom. The molecule has 0 aromatic carbocycles. The topological polar surface area (TPSA) is 53.5 Å². The highest BCUT2D eigenvalue weighted by Crippen LogP contribution is 2.39. The Hall–Kier alpha value is -0.980. The molecule has 1 saturated heterocycles. The molecule has 1 aromatic rings. The van der Waals surface area contributed by atoms with Crippen LogP contribution in [0.4, 0.5) is 0 Å². The van der Waals surface area contributed by atoms with Gasteiger partial charge in [0.05, 0.1) is 6.26 Å². The molecule has 1 aromatic heterocycles. The monoisotopic (exact) mass is 323 g/mol. The summed E-state index contributed by atoms with van der Waals surface area (Å²) < 4.78 is 25.4. The van der Waals surface area contributed by atoms with E-state index in [1.165, 1.54) is 24.7 Å². The molecule has 0 bridgehead atoms. The van der Waals surface area contributed by atoms with Crippen molar-refractivity contribution in [3.05, 3.63) is 30.1 Å². The lowest BCUT2D eigenvalue weighted by atomic mass is 9.77. The number of fused-ring (bicyclic) bond motifs is 1. The second-order valence-electron chi connectivity index (χ2n) is 6.77. The average molecular weight is 323 g/mol. The summed E-state index contributed by atoms with van der Waals surface area (Å²) in [5.74, 6) is 0.990. The molecule has 0 N–H and O–H groups in total. The van der Waals surface area contributed by atoms with Gasteiger partial charge in [0.1, 0.15) is 0 Å². The number of aromatic nitrogens is 1.